The van der Waals surface area contributed by atoms with Gasteiger partial charge in [-0.2, -0.15) is 0 Å². The van der Waals surface area contributed by atoms with Crippen LogP contribution in [0.25, 0.3) is 0 Å². The molecule has 152 valence electrons. The van der Waals surface area contributed by atoms with Gasteiger partial charge in [-0.05, 0) is 31.0 Å². The van der Waals surface area contributed by atoms with Crippen LogP contribution in [0.2, 0.25) is 0 Å². The number of urea groups is 1. The smallest absolute Gasteiger partial charge is 0.274 e. The summed E-state index contributed by atoms with van der Waals surface area (Å²) in [6, 6.07) is 14.2. The van der Waals surface area contributed by atoms with Crippen molar-refractivity contribution in [1.82, 2.24) is 14.7 Å². The summed E-state index contributed by atoms with van der Waals surface area (Å²) < 4.78 is 0. The summed E-state index contributed by atoms with van der Waals surface area (Å²) in [5.74, 6) is -2.57. The van der Waals surface area contributed by atoms with Crippen LogP contribution in [0.4, 0.5) is 4.79 Å². The molecule has 4 rings (SSSR count). The standard InChI is InChI=1S/C22H19N3O5/c1-14(15-8-3-2-4-9-15)25-21(29)20(28)24(22(25)30)13-7-12-23-18(26)16-10-5-6-11-17(16)19(23)27/h2-6,8-11,14H,7,12-13H2,1H3. The highest BCUT2D eigenvalue weighted by Gasteiger charge is 2.46. The van der Waals surface area contributed by atoms with Gasteiger partial charge in [-0.25, -0.2) is 9.69 Å². The van der Waals surface area contributed by atoms with Crippen molar-refractivity contribution in [2.75, 3.05) is 13.1 Å². The van der Waals surface area contributed by atoms with Crippen molar-refractivity contribution in [3.63, 3.8) is 0 Å². The van der Waals surface area contributed by atoms with E-state index < -0.39 is 35.7 Å². The number of hydrogen-bond donors (Lipinski definition) is 0. The van der Waals surface area contributed by atoms with Gasteiger partial charge >= 0.3 is 17.8 Å². The number of benzene rings is 2. The molecule has 1 unspecified atom stereocenters. The Morgan fingerprint density at radius 1 is 0.667 bits per heavy atom. The van der Waals surface area contributed by atoms with Gasteiger partial charge in [0, 0.05) is 13.1 Å². The average Bonchev–Trinajstić information content (AvgIpc) is 3.13. The molecule has 0 aliphatic carbocycles. The number of amides is 6. The third-order valence-corrected chi connectivity index (χ3v) is 5.39. The third-order valence-electron chi connectivity index (χ3n) is 5.39. The van der Waals surface area contributed by atoms with Gasteiger partial charge in [-0.3, -0.25) is 29.0 Å². The van der Waals surface area contributed by atoms with Crippen molar-refractivity contribution in [1.29, 1.82) is 0 Å². The number of nitrogens with zero attached hydrogens (tertiary/aromatic N) is 3. The minimum Gasteiger partial charge on any atom is -0.274 e. The maximum absolute atomic E-state index is 12.7. The number of imide groups is 3. The highest BCUT2D eigenvalue weighted by molar-refractivity contribution is 6.44. The number of hydrogen-bond acceptors (Lipinski definition) is 5. The van der Waals surface area contributed by atoms with Crippen LogP contribution in [0, 0.1) is 0 Å². The van der Waals surface area contributed by atoms with Gasteiger partial charge in [0.1, 0.15) is 0 Å². The summed E-state index contributed by atoms with van der Waals surface area (Å²) >= 11 is 0. The summed E-state index contributed by atoms with van der Waals surface area (Å²) in [5, 5.41) is 0. The van der Waals surface area contributed by atoms with Crippen molar-refractivity contribution in [2.24, 2.45) is 0 Å². The Hall–Kier alpha value is -3.81. The van der Waals surface area contributed by atoms with E-state index in [0.29, 0.717) is 11.1 Å². The molecule has 2 aromatic carbocycles. The zero-order valence-electron chi connectivity index (χ0n) is 16.3. The molecule has 6 amide bonds. The zero-order chi connectivity index (χ0) is 21.4. The summed E-state index contributed by atoms with van der Waals surface area (Å²) in [5.41, 5.74) is 1.42. The Kier molecular flexibility index (Phi) is 4.91. The van der Waals surface area contributed by atoms with Crippen LogP contribution in [0.1, 0.15) is 45.7 Å². The molecular formula is C22H19N3O5. The molecule has 2 heterocycles. The van der Waals surface area contributed by atoms with Crippen LogP contribution in [0.3, 0.4) is 0 Å². The summed E-state index contributed by atoms with van der Waals surface area (Å²) in [4.78, 5) is 65.2. The van der Waals surface area contributed by atoms with E-state index in [9.17, 15) is 24.0 Å². The summed E-state index contributed by atoms with van der Waals surface area (Å²) in [6.07, 6.45) is 0.184. The molecule has 0 bridgehead atoms. The molecule has 2 aromatic rings. The number of carbonyl (C=O) groups excluding carboxylic acids is 5. The van der Waals surface area contributed by atoms with Crippen molar-refractivity contribution >= 4 is 29.7 Å². The van der Waals surface area contributed by atoms with Gasteiger partial charge in [0.05, 0.1) is 17.2 Å². The minimum absolute atomic E-state index is 0.0475. The quantitative estimate of drug-likeness (QED) is 0.417. The van der Waals surface area contributed by atoms with Crippen LogP contribution in [0.15, 0.2) is 54.6 Å². The Morgan fingerprint density at radius 3 is 1.80 bits per heavy atom. The molecular weight excluding hydrogens is 386 g/mol. The van der Waals surface area contributed by atoms with E-state index in [2.05, 4.69) is 0 Å². The van der Waals surface area contributed by atoms with E-state index in [0.717, 1.165) is 20.3 Å². The second kappa shape index (κ2) is 7.55. The Morgan fingerprint density at radius 2 is 1.20 bits per heavy atom. The fraction of sp³-hybridized carbons (Fsp3) is 0.227. The van der Waals surface area contributed by atoms with E-state index in [1.807, 2.05) is 6.07 Å². The fourth-order valence-electron chi connectivity index (χ4n) is 3.77. The first kappa shape index (κ1) is 19.5. The van der Waals surface area contributed by atoms with Gasteiger partial charge in [0.15, 0.2) is 0 Å². The number of rotatable bonds is 6. The maximum Gasteiger partial charge on any atom is 0.334 e. The lowest BCUT2D eigenvalue weighted by Gasteiger charge is -2.22. The molecule has 8 heteroatoms. The third kappa shape index (κ3) is 3.06. The second-order valence-electron chi connectivity index (χ2n) is 7.16. The Balaban J connectivity index is 1.42. The van der Waals surface area contributed by atoms with Gasteiger partial charge in [0.25, 0.3) is 11.8 Å². The first-order valence-electron chi connectivity index (χ1n) is 9.61. The lowest BCUT2D eigenvalue weighted by Crippen LogP contribution is -2.37. The summed E-state index contributed by atoms with van der Waals surface area (Å²) in [7, 11) is 0. The Labute approximate surface area is 172 Å². The number of carbonyl (C=O) groups is 5. The van der Waals surface area contributed by atoms with Crippen LogP contribution in [-0.2, 0) is 9.59 Å². The zero-order valence-corrected chi connectivity index (χ0v) is 16.3. The van der Waals surface area contributed by atoms with Crippen LogP contribution >= 0.6 is 0 Å². The molecule has 0 spiro atoms. The SMILES string of the molecule is CC(c1ccccc1)N1C(=O)C(=O)N(CCCN2C(=O)c3ccccc3C2=O)C1=O. The first-order valence-corrected chi connectivity index (χ1v) is 9.61. The molecule has 30 heavy (non-hydrogen) atoms. The van der Waals surface area contributed by atoms with E-state index in [1.165, 1.54) is 0 Å². The van der Waals surface area contributed by atoms with Gasteiger partial charge in [-0.15, -0.1) is 0 Å². The molecule has 1 saturated heterocycles. The van der Waals surface area contributed by atoms with Crippen molar-refractivity contribution < 1.29 is 24.0 Å². The van der Waals surface area contributed by atoms with Crippen molar-refractivity contribution in [3.05, 3.63) is 71.3 Å². The molecule has 1 fully saturated rings. The van der Waals surface area contributed by atoms with E-state index in [1.54, 1.807) is 55.5 Å². The van der Waals surface area contributed by atoms with E-state index >= 15 is 0 Å². The molecule has 2 aliphatic heterocycles. The minimum atomic E-state index is -0.898. The number of fused-ring (bicyclic) bond motifs is 1. The van der Waals surface area contributed by atoms with Crippen molar-refractivity contribution in [2.45, 2.75) is 19.4 Å². The Bertz CT molecular complexity index is 1030. The summed E-state index contributed by atoms with van der Waals surface area (Å²) in [6.45, 7) is 1.67. The second-order valence-corrected chi connectivity index (χ2v) is 7.16. The van der Waals surface area contributed by atoms with Crippen LogP contribution in [-0.4, -0.2) is 57.4 Å². The normalized spacial score (nSPS) is 17.2. The molecule has 8 nitrogen and oxygen atoms in total. The van der Waals surface area contributed by atoms with Crippen LogP contribution < -0.4 is 0 Å². The lowest BCUT2D eigenvalue weighted by molar-refractivity contribution is -0.144. The fourth-order valence-corrected chi connectivity index (χ4v) is 3.77. The maximum atomic E-state index is 12.7. The predicted octanol–water partition coefficient (Wildman–Crippen LogP) is 2.22. The van der Waals surface area contributed by atoms with E-state index in [4.69, 9.17) is 0 Å². The monoisotopic (exact) mass is 405 g/mol. The highest BCUT2D eigenvalue weighted by atomic mass is 16.2. The van der Waals surface area contributed by atoms with E-state index in [-0.39, 0.29) is 19.5 Å². The first-order chi connectivity index (χ1) is 14.4. The van der Waals surface area contributed by atoms with Gasteiger partial charge in [-0.1, -0.05) is 42.5 Å². The topological polar surface area (TPSA) is 95.1 Å². The molecule has 0 N–H and O–H groups in total. The lowest BCUT2D eigenvalue weighted by atomic mass is 10.1. The molecule has 0 aromatic heterocycles. The molecule has 1 atom stereocenters. The largest absolute Gasteiger partial charge is 0.334 e. The molecule has 2 aliphatic rings. The van der Waals surface area contributed by atoms with Crippen LogP contribution in [0.5, 0.6) is 0 Å². The van der Waals surface area contributed by atoms with Gasteiger partial charge < -0.3 is 0 Å². The van der Waals surface area contributed by atoms with Crippen molar-refractivity contribution in [3.8, 4) is 0 Å². The predicted molar refractivity (Wildman–Crippen MR) is 105 cm³/mol. The molecule has 0 saturated carbocycles. The molecule has 0 radical (unpaired) electrons. The van der Waals surface area contributed by atoms with Gasteiger partial charge in [0.2, 0.25) is 0 Å². The average molecular weight is 405 g/mol. The highest BCUT2D eigenvalue weighted by Crippen LogP contribution is 2.27.